The first kappa shape index (κ1) is 38.1. The van der Waals surface area contributed by atoms with Gasteiger partial charge in [-0.25, -0.2) is 14.8 Å². The molecule has 0 aliphatic carbocycles. The third-order valence-corrected chi connectivity index (χ3v) is 9.00. The predicted octanol–water partition coefficient (Wildman–Crippen LogP) is 7.42. The van der Waals surface area contributed by atoms with E-state index in [9.17, 15) is 14.4 Å². The monoisotopic (exact) mass is 702 g/mol. The number of piperidine rings is 2. The number of halogens is 1. The minimum absolute atomic E-state index is 0. The first-order valence-corrected chi connectivity index (χ1v) is 17.8. The highest BCUT2D eigenvalue weighted by Gasteiger charge is 2.29. The second kappa shape index (κ2) is 18.3. The van der Waals surface area contributed by atoms with Crippen LogP contribution >= 0.6 is 35.1 Å². The maximum atomic E-state index is 12.3. The summed E-state index contributed by atoms with van der Waals surface area (Å²) in [5.74, 6) is 1.79. The van der Waals surface area contributed by atoms with Crippen LogP contribution in [0.2, 0.25) is 0 Å². The molecule has 2 aliphatic heterocycles. The third-order valence-electron chi connectivity index (χ3n) is 7.21. The van der Waals surface area contributed by atoms with Crippen LogP contribution in [0.3, 0.4) is 0 Å². The first-order chi connectivity index (χ1) is 22.1. The van der Waals surface area contributed by atoms with Crippen LogP contribution in [0.4, 0.5) is 4.79 Å². The molecule has 3 N–H and O–H groups in total. The van der Waals surface area contributed by atoms with Crippen molar-refractivity contribution >= 4 is 41.2 Å². The van der Waals surface area contributed by atoms with Crippen molar-refractivity contribution in [3.63, 3.8) is 0 Å². The number of carbonyl (C=O) groups excluding carboxylic acids is 1. The molecule has 6 heterocycles. The zero-order chi connectivity index (χ0) is 33.1. The molecule has 4 aromatic heterocycles. The Morgan fingerprint density at radius 2 is 1.45 bits per heavy atom. The lowest BCUT2D eigenvalue weighted by Crippen LogP contribution is -2.42. The Morgan fingerprint density at radius 1 is 0.915 bits per heavy atom. The smallest absolute Gasteiger partial charge is 0.410 e. The van der Waals surface area contributed by atoms with Gasteiger partial charge in [0.25, 0.3) is 11.1 Å². The van der Waals surface area contributed by atoms with E-state index in [1.165, 1.54) is 12.5 Å². The Balaban J connectivity index is 0.000000240. The van der Waals surface area contributed by atoms with Crippen molar-refractivity contribution in [1.29, 1.82) is 0 Å². The Kier molecular flexibility index (Phi) is 14.8. The molecule has 2 unspecified atom stereocenters. The summed E-state index contributed by atoms with van der Waals surface area (Å²) >= 11 is 3.16. The van der Waals surface area contributed by atoms with E-state index in [1.807, 2.05) is 55.8 Å². The van der Waals surface area contributed by atoms with Crippen molar-refractivity contribution in [2.75, 3.05) is 26.2 Å². The minimum Gasteiger partial charge on any atom is -0.444 e. The van der Waals surface area contributed by atoms with Crippen LogP contribution in [0, 0.1) is 0 Å². The average Bonchev–Trinajstić information content (AvgIpc) is 3.77. The van der Waals surface area contributed by atoms with E-state index in [1.54, 1.807) is 33.6 Å². The summed E-state index contributed by atoms with van der Waals surface area (Å²) in [5, 5.41) is 7.31. The van der Waals surface area contributed by atoms with Gasteiger partial charge < -0.3 is 24.9 Å². The molecule has 13 heteroatoms. The van der Waals surface area contributed by atoms with Crippen LogP contribution in [-0.2, 0) is 4.74 Å². The number of aromatic nitrogens is 4. The number of hydrogen-bond donors (Lipinski definition) is 3. The molecule has 256 valence electrons. The normalized spacial score (nSPS) is 17.7. The molecule has 2 fully saturated rings. The molecule has 2 atom stereocenters. The third kappa shape index (κ3) is 11.7. The molecule has 47 heavy (non-hydrogen) atoms. The molecule has 6 rings (SSSR count). The second-order valence-corrected chi connectivity index (χ2v) is 14.4. The highest BCUT2D eigenvalue weighted by Crippen LogP contribution is 2.28. The number of rotatable bonds is 4. The van der Waals surface area contributed by atoms with Gasteiger partial charge in [0.1, 0.15) is 17.2 Å². The zero-order valence-electron chi connectivity index (χ0n) is 27.8. The van der Waals surface area contributed by atoms with Gasteiger partial charge in [-0.05, 0) is 75.9 Å². The summed E-state index contributed by atoms with van der Waals surface area (Å²) in [4.78, 5) is 54.8. The van der Waals surface area contributed by atoms with E-state index >= 15 is 0 Å². The average molecular weight is 703 g/mol. The first-order valence-electron chi connectivity index (χ1n) is 16.0. The van der Waals surface area contributed by atoms with E-state index < -0.39 is 5.60 Å². The van der Waals surface area contributed by atoms with Gasteiger partial charge in [-0.1, -0.05) is 32.4 Å². The number of thiophene rings is 2. The number of H-pyrrole nitrogens is 2. The molecule has 1 amide bonds. The van der Waals surface area contributed by atoms with Gasteiger partial charge in [0, 0.05) is 43.6 Å². The van der Waals surface area contributed by atoms with Crippen LogP contribution < -0.4 is 16.4 Å². The van der Waals surface area contributed by atoms with Gasteiger partial charge in [0.15, 0.2) is 0 Å². The van der Waals surface area contributed by atoms with Crippen molar-refractivity contribution in [2.45, 2.75) is 84.2 Å². The van der Waals surface area contributed by atoms with Gasteiger partial charge in [0.05, 0.1) is 21.1 Å². The summed E-state index contributed by atoms with van der Waals surface area (Å²) in [5.41, 5.74) is 0.726. The molecule has 0 spiro atoms. The number of carbonyl (C=O) groups is 1. The highest BCUT2D eigenvalue weighted by atomic mass is 35.5. The number of likely N-dealkylation sites (tertiary alicyclic amines) is 1. The largest absolute Gasteiger partial charge is 0.444 e. The number of ether oxygens (including phenoxy) is 1. The number of aromatic amines is 2. The summed E-state index contributed by atoms with van der Waals surface area (Å²) in [6.45, 7) is 13.0. The van der Waals surface area contributed by atoms with Gasteiger partial charge >= 0.3 is 6.09 Å². The summed E-state index contributed by atoms with van der Waals surface area (Å²) < 4.78 is 5.46. The molecule has 0 bridgehead atoms. The molecule has 0 radical (unpaired) electrons. The standard InChI is InChI=1S/C18H23N3O3S.C13H15N3OS.C3H8.ClH/c1-18(2,3)24-17(23)21-8-4-6-12(11-21)16-19-13(10-15(22)20-16)14-7-5-9-25-14;17-12-7-10(11-4-2-6-18-11)15-13(16-12)9-3-1-5-14-8-9;1-3-2;/h5,7,9-10,12H,4,6,8,11H2,1-3H3,(H,19,20,22);2,4,6-7,9,14H,1,3,5,8H2,(H,15,16,17);3H2,1-2H3;1H. The van der Waals surface area contributed by atoms with E-state index in [0.717, 1.165) is 60.0 Å². The lowest BCUT2D eigenvalue weighted by atomic mass is 9.97. The van der Waals surface area contributed by atoms with Gasteiger partial charge in [-0.2, -0.15) is 0 Å². The van der Waals surface area contributed by atoms with E-state index in [4.69, 9.17) is 4.74 Å². The zero-order valence-corrected chi connectivity index (χ0v) is 30.3. The number of amides is 1. The van der Waals surface area contributed by atoms with Crippen LogP contribution in [0.25, 0.3) is 21.1 Å². The molecular weight excluding hydrogens is 656 g/mol. The van der Waals surface area contributed by atoms with Gasteiger partial charge in [0.2, 0.25) is 0 Å². The molecule has 0 saturated carbocycles. The number of nitrogens with zero attached hydrogens (tertiary/aromatic N) is 3. The van der Waals surface area contributed by atoms with Crippen molar-refractivity contribution < 1.29 is 9.53 Å². The summed E-state index contributed by atoms with van der Waals surface area (Å²) in [7, 11) is 0. The minimum atomic E-state index is -0.518. The Bertz CT molecular complexity index is 1630. The summed E-state index contributed by atoms with van der Waals surface area (Å²) in [6, 6.07) is 11.0. The molecule has 2 saturated heterocycles. The van der Waals surface area contributed by atoms with Gasteiger partial charge in [-0.15, -0.1) is 35.1 Å². The van der Waals surface area contributed by atoms with Crippen molar-refractivity contribution in [3.05, 3.63) is 79.5 Å². The molecule has 10 nitrogen and oxygen atoms in total. The van der Waals surface area contributed by atoms with Crippen LogP contribution in [0.1, 0.15) is 90.2 Å². The topological polar surface area (TPSA) is 133 Å². The lowest BCUT2D eigenvalue weighted by Gasteiger charge is -2.33. The summed E-state index contributed by atoms with van der Waals surface area (Å²) in [6.07, 6.45) is 4.91. The van der Waals surface area contributed by atoms with Crippen molar-refractivity contribution in [1.82, 2.24) is 30.2 Å². The van der Waals surface area contributed by atoms with Crippen LogP contribution in [-0.4, -0.2) is 62.7 Å². The predicted molar refractivity (Wildman–Crippen MR) is 194 cm³/mol. The Hall–Kier alpha value is -3.32. The number of hydrogen-bond acceptors (Lipinski definition) is 9. The Morgan fingerprint density at radius 3 is 1.91 bits per heavy atom. The molecule has 2 aliphatic rings. The maximum Gasteiger partial charge on any atom is 0.410 e. The number of nitrogens with one attached hydrogen (secondary N) is 3. The van der Waals surface area contributed by atoms with Crippen LogP contribution in [0.5, 0.6) is 0 Å². The quantitative estimate of drug-likeness (QED) is 0.202. The van der Waals surface area contributed by atoms with E-state index in [2.05, 4.69) is 39.1 Å². The SMILES string of the molecule is CC(C)(C)OC(=O)N1CCCC(c2nc(-c3cccs3)cc(=O)[nH]2)C1.CCC.Cl.O=c1cc(-c2cccs2)nc(C2CCCNC2)[nH]1. The van der Waals surface area contributed by atoms with Crippen molar-refractivity contribution in [2.24, 2.45) is 0 Å². The van der Waals surface area contributed by atoms with Crippen molar-refractivity contribution in [3.8, 4) is 21.1 Å². The van der Waals surface area contributed by atoms with Crippen LogP contribution in [0.15, 0.2) is 56.7 Å². The highest BCUT2D eigenvalue weighted by molar-refractivity contribution is 7.13. The van der Waals surface area contributed by atoms with E-state index in [0.29, 0.717) is 30.5 Å². The van der Waals surface area contributed by atoms with E-state index in [-0.39, 0.29) is 35.5 Å². The lowest BCUT2D eigenvalue weighted by molar-refractivity contribution is 0.0196. The fourth-order valence-electron chi connectivity index (χ4n) is 5.22. The maximum absolute atomic E-state index is 12.3. The van der Waals surface area contributed by atoms with Gasteiger partial charge in [-0.3, -0.25) is 9.59 Å². The fraction of sp³-hybridized carbons (Fsp3) is 0.500. The fourth-order valence-corrected chi connectivity index (χ4v) is 6.59. The molecule has 4 aromatic rings. The second-order valence-electron chi connectivity index (χ2n) is 12.5. The Labute approximate surface area is 290 Å². The molecular formula is C34H47ClN6O4S2. The molecule has 0 aromatic carbocycles.